The van der Waals surface area contributed by atoms with Crippen molar-refractivity contribution < 1.29 is 27.9 Å². The number of nitrogens with zero attached hydrogens (tertiary/aromatic N) is 2. The first-order valence-corrected chi connectivity index (χ1v) is 11.1. The van der Waals surface area contributed by atoms with E-state index in [-0.39, 0.29) is 6.61 Å². The van der Waals surface area contributed by atoms with Crippen molar-refractivity contribution in [2.75, 3.05) is 6.61 Å². The fourth-order valence-electron chi connectivity index (χ4n) is 3.83. The molecule has 3 heterocycles. The predicted molar refractivity (Wildman–Crippen MR) is 126 cm³/mol. The highest BCUT2D eigenvalue weighted by Crippen LogP contribution is 2.33. The Morgan fingerprint density at radius 1 is 0.914 bits per heavy atom. The average Bonchev–Trinajstić information content (AvgIpc) is 3.68. The molecule has 2 aromatic heterocycles. The van der Waals surface area contributed by atoms with E-state index in [0.717, 1.165) is 0 Å². The van der Waals surface area contributed by atoms with Crippen LogP contribution in [-0.2, 0) is 16.1 Å². The zero-order valence-electron chi connectivity index (χ0n) is 18.7. The van der Waals surface area contributed by atoms with Crippen LogP contribution in [0.15, 0.2) is 105 Å². The van der Waals surface area contributed by atoms with Gasteiger partial charge >= 0.3 is 5.97 Å². The summed E-state index contributed by atoms with van der Waals surface area (Å²) in [4.78, 5) is 25.9. The van der Waals surface area contributed by atoms with Gasteiger partial charge in [-0.2, -0.15) is 5.10 Å². The van der Waals surface area contributed by atoms with E-state index in [0.29, 0.717) is 40.5 Å². The van der Waals surface area contributed by atoms with E-state index >= 15 is 0 Å². The molecule has 0 N–H and O–H groups in total. The third kappa shape index (κ3) is 5.01. The molecule has 1 atom stereocenters. The van der Waals surface area contributed by atoms with Crippen LogP contribution in [0.1, 0.15) is 39.9 Å². The molecular formula is C27H22N2O6. The number of hydrogen-bond acceptors (Lipinski definition) is 7. The van der Waals surface area contributed by atoms with Gasteiger partial charge in [0.25, 0.3) is 5.91 Å². The van der Waals surface area contributed by atoms with E-state index in [2.05, 4.69) is 5.10 Å². The minimum Gasteiger partial charge on any atom is -0.489 e. The molecule has 2 aromatic carbocycles. The molecule has 4 aromatic rings. The summed E-state index contributed by atoms with van der Waals surface area (Å²) in [5.41, 5.74) is 1.60. The lowest BCUT2D eigenvalue weighted by Gasteiger charge is -2.19. The number of carbonyl (C=O) groups is 2. The zero-order valence-corrected chi connectivity index (χ0v) is 18.7. The van der Waals surface area contributed by atoms with Crippen molar-refractivity contribution in [1.82, 2.24) is 5.01 Å². The summed E-state index contributed by atoms with van der Waals surface area (Å²) >= 11 is 0. The lowest BCUT2D eigenvalue weighted by atomic mass is 10.1. The largest absolute Gasteiger partial charge is 0.489 e. The molecule has 0 saturated carbocycles. The smallest absolute Gasteiger partial charge is 0.339 e. The van der Waals surface area contributed by atoms with Crippen molar-refractivity contribution in [2.24, 2.45) is 5.10 Å². The number of hydrogen-bond donors (Lipinski definition) is 0. The first-order chi connectivity index (χ1) is 17.2. The van der Waals surface area contributed by atoms with Crippen LogP contribution in [0.5, 0.6) is 5.75 Å². The molecule has 1 aliphatic rings. The summed E-state index contributed by atoms with van der Waals surface area (Å²) in [6.45, 7) is -0.286. The fraction of sp³-hybridized carbons (Fsp3) is 0.148. The van der Waals surface area contributed by atoms with Gasteiger partial charge in [-0.15, -0.1) is 0 Å². The Kier molecular flexibility index (Phi) is 6.43. The highest BCUT2D eigenvalue weighted by molar-refractivity contribution is 6.01. The van der Waals surface area contributed by atoms with Gasteiger partial charge in [0.2, 0.25) is 0 Å². The number of furan rings is 2. The topological polar surface area (TPSA) is 94.5 Å². The van der Waals surface area contributed by atoms with Crippen molar-refractivity contribution in [2.45, 2.75) is 19.1 Å². The average molecular weight is 470 g/mol. The molecule has 8 nitrogen and oxygen atoms in total. The monoisotopic (exact) mass is 470 g/mol. The zero-order chi connectivity index (χ0) is 24.0. The van der Waals surface area contributed by atoms with Gasteiger partial charge in [-0.25, -0.2) is 9.80 Å². The Morgan fingerprint density at radius 2 is 1.69 bits per heavy atom. The Labute approximate surface area is 201 Å². The molecule has 35 heavy (non-hydrogen) atoms. The van der Waals surface area contributed by atoms with Crippen LogP contribution in [0.2, 0.25) is 0 Å². The van der Waals surface area contributed by atoms with Gasteiger partial charge in [0, 0.05) is 12.0 Å². The molecule has 0 saturated heterocycles. The van der Waals surface area contributed by atoms with Gasteiger partial charge in [-0.05, 0) is 42.5 Å². The number of para-hydroxylation sites is 1. The molecule has 0 spiro atoms. The third-order valence-electron chi connectivity index (χ3n) is 5.54. The van der Waals surface area contributed by atoms with Gasteiger partial charge in [-0.1, -0.05) is 36.4 Å². The SMILES string of the molecule is O=C(OCC(=O)N1N=C(c2ccco2)CC1c1ccco1)c1ccccc1COc1ccccc1. The Bertz CT molecular complexity index is 1310. The van der Waals surface area contributed by atoms with Crippen molar-refractivity contribution in [3.63, 3.8) is 0 Å². The van der Waals surface area contributed by atoms with E-state index in [1.165, 1.54) is 11.3 Å². The number of ether oxygens (including phenoxy) is 2. The molecule has 0 aliphatic carbocycles. The summed E-state index contributed by atoms with van der Waals surface area (Å²) in [5, 5.41) is 5.72. The van der Waals surface area contributed by atoms with E-state index in [4.69, 9.17) is 18.3 Å². The van der Waals surface area contributed by atoms with Crippen molar-refractivity contribution in [3.8, 4) is 5.75 Å². The molecule has 0 bridgehead atoms. The molecule has 1 aliphatic heterocycles. The summed E-state index contributed by atoms with van der Waals surface area (Å²) < 4.78 is 22.1. The summed E-state index contributed by atoms with van der Waals surface area (Å²) in [6, 6.07) is 22.9. The third-order valence-corrected chi connectivity index (χ3v) is 5.54. The van der Waals surface area contributed by atoms with Crippen LogP contribution >= 0.6 is 0 Å². The standard InChI is InChI=1S/C27H22N2O6/c30-26(29-23(25-13-7-15-33-25)16-22(28-29)24-12-6-14-32-24)18-35-27(31)21-11-5-4-8-19(21)17-34-20-9-2-1-3-10-20/h1-15,23H,16-18H2. The summed E-state index contributed by atoms with van der Waals surface area (Å²) in [6.07, 6.45) is 3.50. The molecule has 8 heteroatoms. The first kappa shape index (κ1) is 22.2. The first-order valence-electron chi connectivity index (χ1n) is 11.1. The lowest BCUT2D eigenvalue weighted by molar-refractivity contribution is -0.136. The van der Waals surface area contributed by atoms with Crippen molar-refractivity contribution in [3.05, 3.63) is 114 Å². The van der Waals surface area contributed by atoms with Crippen LogP contribution in [-0.4, -0.2) is 29.2 Å². The second-order valence-corrected chi connectivity index (χ2v) is 7.83. The maximum absolute atomic E-state index is 13.0. The van der Waals surface area contributed by atoms with Gasteiger partial charge in [-0.3, -0.25) is 4.79 Å². The molecule has 0 fully saturated rings. The molecule has 5 rings (SSSR count). The Balaban J connectivity index is 1.27. The summed E-state index contributed by atoms with van der Waals surface area (Å²) in [7, 11) is 0. The van der Waals surface area contributed by atoms with Crippen LogP contribution < -0.4 is 4.74 Å². The van der Waals surface area contributed by atoms with Crippen molar-refractivity contribution in [1.29, 1.82) is 0 Å². The second kappa shape index (κ2) is 10.1. The van der Waals surface area contributed by atoms with Gasteiger partial charge in [0.15, 0.2) is 6.61 Å². The minimum atomic E-state index is -0.616. The van der Waals surface area contributed by atoms with E-state index < -0.39 is 24.5 Å². The van der Waals surface area contributed by atoms with Gasteiger partial charge in [0.05, 0.1) is 18.1 Å². The number of carbonyl (C=O) groups excluding carboxylic acids is 2. The molecule has 0 radical (unpaired) electrons. The molecule has 1 amide bonds. The second-order valence-electron chi connectivity index (χ2n) is 7.83. The fourth-order valence-corrected chi connectivity index (χ4v) is 3.83. The number of benzene rings is 2. The highest BCUT2D eigenvalue weighted by Gasteiger charge is 2.36. The van der Waals surface area contributed by atoms with E-state index in [1.54, 1.807) is 48.7 Å². The maximum atomic E-state index is 13.0. The Morgan fingerprint density at radius 3 is 2.46 bits per heavy atom. The van der Waals surface area contributed by atoms with Crippen LogP contribution in [0.4, 0.5) is 0 Å². The van der Waals surface area contributed by atoms with Crippen LogP contribution in [0.25, 0.3) is 0 Å². The van der Waals surface area contributed by atoms with E-state index in [9.17, 15) is 9.59 Å². The number of hydrazone groups is 1. The van der Waals surface area contributed by atoms with E-state index in [1.807, 2.05) is 36.4 Å². The lowest BCUT2D eigenvalue weighted by Crippen LogP contribution is -2.31. The van der Waals surface area contributed by atoms with Crippen LogP contribution in [0, 0.1) is 0 Å². The minimum absolute atomic E-state index is 0.187. The summed E-state index contributed by atoms with van der Waals surface area (Å²) in [5.74, 6) is 0.752. The number of rotatable bonds is 8. The van der Waals surface area contributed by atoms with Gasteiger partial charge < -0.3 is 18.3 Å². The van der Waals surface area contributed by atoms with Crippen LogP contribution in [0.3, 0.4) is 0 Å². The quantitative estimate of drug-likeness (QED) is 0.337. The number of amides is 1. The van der Waals surface area contributed by atoms with Gasteiger partial charge in [0.1, 0.15) is 35.6 Å². The molecular weight excluding hydrogens is 448 g/mol. The van der Waals surface area contributed by atoms with Crippen molar-refractivity contribution >= 4 is 17.6 Å². The maximum Gasteiger partial charge on any atom is 0.339 e. The number of esters is 1. The highest BCUT2D eigenvalue weighted by atomic mass is 16.5. The normalized spacial score (nSPS) is 15.0. The molecule has 176 valence electrons. The molecule has 1 unspecified atom stereocenters. The predicted octanol–water partition coefficient (Wildman–Crippen LogP) is 4.99. The Hall–Kier alpha value is -4.59.